The number of halogens is 4. The van der Waals surface area contributed by atoms with Crippen LogP contribution in [0.25, 0.3) is 0 Å². The Labute approximate surface area is 122 Å². The average molecular weight is 356 g/mol. The van der Waals surface area contributed by atoms with Crippen LogP contribution < -0.4 is 5.32 Å². The van der Waals surface area contributed by atoms with Crippen LogP contribution in [0.3, 0.4) is 0 Å². The van der Waals surface area contributed by atoms with Crippen LogP contribution >= 0.6 is 27.7 Å². The first-order chi connectivity index (χ1) is 8.78. The van der Waals surface area contributed by atoms with E-state index in [-0.39, 0.29) is 0 Å². The van der Waals surface area contributed by atoms with E-state index in [1.165, 1.54) is 11.8 Å². The maximum absolute atomic E-state index is 11.9. The van der Waals surface area contributed by atoms with Gasteiger partial charge < -0.3 is 5.32 Å². The standard InChI is InChI=1S/C12H13BrF3NOS/c1-8(11(18)17-7-12(14,15)16)19-6-9-2-4-10(13)5-3-9/h2-5,8H,6-7H2,1H3,(H,17,18). The number of amides is 1. The Kier molecular flexibility index (Phi) is 6.19. The van der Waals surface area contributed by atoms with Crippen molar-refractivity contribution in [1.82, 2.24) is 5.32 Å². The normalized spacial score (nSPS) is 13.1. The smallest absolute Gasteiger partial charge is 0.346 e. The number of rotatable bonds is 5. The lowest BCUT2D eigenvalue weighted by molar-refractivity contribution is -0.137. The highest BCUT2D eigenvalue weighted by atomic mass is 79.9. The molecule has 0 aliphatic heterocycles. The summed E-state index contributed by atoms with van der Waals surface area (Å²) in [5.41, 5.74) is 1.02. The molecule has 1 aromatic carbocycles. The summed E-state index contributed by atoms with van der Waals surface area (Å²) in [4.78, 5) is 11.4. The van der Waals surface area contributed by atoms with Gasteiger partial charge in [0.2, 0.25) is 5.91 Å². The lowest BCUT2D eigenvalue weighted by Crippen LogP contribution is -2.38. The maximum atomic E-state index is 11.9. The fourth-order valence-corrected chi connectivity index (χ4v) is 2.34. The second-order valence-electron chi connectivity index (χ2n) is 3.91. The topological polar surface area (TPSA) is 29.1 Å². The Morgan fingerprint density at radius 1 is 1.37 bits per heavy atom. The fourth-order valence-electron chi connectivity index (χ4n) is 1.21. The second-order valence-corrected chi connectivity index (χ2v) is 6.16. The molecular formula is C12H13BrF3NOS. The van der Waals surface area contributed by atoms with Crippen LogP contribution in [0.4, 0.5) is 13.2 Å². The van der Waals surface area contributed by atoms with Crippen molar-refractivity contribution < 1.29 is 18.0 Å². The zero-order chi connectivity index (χ0) is 14.5. The van der Waals surface area contributed by atoms with Gasteiger partial charge >= 0.3 is 6.18 Å². The van der Waals surface area contributed by atoms with Gasteiger partial charge in [0.25, 0.3) is 0 Å². The molecule has 0 saturated carbocycles. The third kappa shape index (κ3) is 6.87. The van der Waals surface area contributed by atoms with Gasteiger partial charge in [0, 0.05) is 10.2 Å². The van der Waals surface area contributed by atoms with E-state index in [0.29, 0.717) is 5.75 Å². The van der Waals surface area contributed by atoms with Gasteiger partial charge in [-0.05, 0) is 24.6 Å². The van der Waals surface area contributed by atoms with Crippen molar-refractivity contribution in [2.75, 3.05) is 6.54 Å². The number of hydrogen-bond donors (Lipinski definition) is 1. The fraction of sp³-hybridized carbons (Fsp3) is 0.417. The van der Waals surface area contributed by atoms with Crippen molar-refractivity contribution in [3.63, 3.8) is 0 Å². The Morgan fingerprint density at radius 3 is 2.47 bits per heavy atom. The van der Waals surface area contributed by atoms with Crippen LogP contribution in [-0.2, 0) is 10.5 Å². The average Bonchev–Trinajstić information content (AvgIpc) is 2.34. The molecular weight excluding hydrogens is 343 g/mol. The van der Waals surface area contributed by atoms with Crippen LogP contribution in [0, 0.1) is 0 Å². The molecule has 19 heavy (non-hydrogen) atoms. The highest BCUT2D eigenvalue weighted by Crippen LogP contribution is 2.20. The van der Waals surface area contributed by atoms with E-state index in [4.69, 9.17) is 0 Å². The Hall–Kier alpha value is -0.690. The molecule has 0 aliphatic carbocycles. The zero-order valence-electron chi connectivity index (χ0n) is 10.1. The largest absolute Gasteiger partial charge is 0.405 e. The van der Waals surface area contributed by atoms with E-state index in [2.05, 4.69) is 15.9 Å². The van der Waals surface area contributed by atoms with Gasteiger partial charge in [-0.25, -0.2) is 0 Å². The number of benzene rings is 1. The summed E-state index contributed by atoms with van der Waals surface area (Å²) in [5, 5.41) is 1.35. The Morgan fingerprint density at radius 2 is 1.95 bits per heavy atom. The molecule has 0 saturated heterocycles. The maximum Gasteiger partial charge on any atom is 0.405 e. The summed E-state index contributed by atoms with van der Waals surface area (Å²) < 4.78 is 36.8. The molecule has 0 fully saturated rings. The lowest BCUT2D eigenvalue weighted by atomic mass is 10.2. The molecule has 1 N–H and O–H groups in total. The number of carbonyl (C=O) groups excluding carboxylic acids is 1. The van der Waals surface area contributed by atoms with Crippen LogP contribution in [0.15, 0.2) is 28.7 Å². The molecule has 7 heteroatoms. The Balaban J connectivity index is 2.36. The minimum atomic E-state index is -4.37. The van der Waals surface area contributed by atoms with Gasteiger partial charge in [-0.3, -0.25) is 4.79 Å². The number of hydrogen-bond acceptors (Lipinski definition) is 2. The minimum absolute atomic E-state index is 0.522. The monoisotopic (exact) mass is 355 g/mol. The molecule has 0 spiro atoms. The first-order valence-corrected chi connectivity index (χ1v) is 7.32. The highest BCUT2D eigenvalue weighted by Gasteiger charge is 2.28. The molecule has 1 rings (SSSR count). The number of thioether (sulfide) groups is 1. The van der Waals surface area contributed by atoms with Crippen molar-refractivity contribution >= 4 is 33.6 Å². The highest BCUT2D eigenvalue weighted by molar-refractivity contribution is 9.10. The van der Waals surface area contributed by atoms with Crippen molar-refractivity contribution in [3.05, 3.63) is 34.3 Å². The summed E-state index contributed by atoms with van der Waals surface area (Å²) in [7, 11) is 0. The molecule has 1 aromatic rings. The van der Waals surface area contributed by atoms with Gasteiger partial charge in [-0.15, -0.1) is 11.8 Å². The number of nitrogens with one attached hydrogen (secondary N) is 1. The van der Waals surface area contributed by atoms with E-state index in [1.54, 1.807) is 6.92 Å². The van der Waals surface area contributed by atoms with Crippen molar-refractivity contribution in [2.24, 2.45) is 0 Å². The summed E-state index contributed by atoms with van der Waals surface area (Å²) in [6.07, 6.45) is -4.37. The zero-order valence-corrected chi connectivity index (χ0v) is 12.5. The molecule has 2 nitrogen and oxygen atoms in total. The van der Waals surface area contributed by atoms with Gasteiger partial charge in [-0.2, -0.15) is 13.2 Å². The van der Waals surface area contributed by atoms with Crippen LogP contribution in [0.1, 0.15) is 12.5 Å². The van der Waals surface area contributed by atoms with Crippen molar-refractivity contribution in [1.29, 1.82) is 0 Å². The molecule has 0 aromatic heterocycles. The van der Waals surface area contributed by atoms with E-state index in [9.17, 15) is 18.0 Å². The second kappa shape index (κ2) is 7.19. The predicted molar refractivity (Wildman–Crippen MR) is 74.0 cm³/mol. The summed E-state index contributed by atoms with van der Waals surface area (Å²) >= 11 is 4.61. The van der Waals surface area contributed by atoms with Gasteiger partial charge in [0.1, 0.15) is 6.54 Å². The molecule has 1 amide bonds. The number of carbonyl (C=O) groups is 1. The van der Waals surface area contributed by atoms with E-state index < -0.39 is 23.9 Å². The van der Waals surface area contributed by atoms with Crippen LogP contribution in [0.5, 0.6) is 0 Å². The van der Waals surface area contributed by atoms with Crippen LogP contribution in [-0.4, -0.2) is 23.9 Å². The molecule has 1 unspecified atom stereocenters. The quantitative estimate of drug-likeness (QED) is 0.871. The van der Waals surface area contributed by atoms with Gasteiger partial charge in [-0.1, -0.05) is 28.1 Å². The third-order valence-electron chi connectivity index (χ3n) is 2.25. The molecule has 1 atom stereocenters. The number of alkyl halides is 3. The molecule has 0 radical (unpaired) electrons. The van der Waals surface area contributed by atoms with E-state index in [0.717, 1.165) is 10.0 Å². The van der Waals surface area contributed by atoms with E-state index in [1.807, 2.05) is 29.6 Å². The van der Waals surface area contributed by atoms with E-state index >= 15 is 0 Å². The molecule has 0 aliphatic rings. The summed E-state index contributed by atoms with van der Waals surface area (Å²) in [5.74, 6) is -0.0205. The van der Waals surface area contributed by atoms with Gasteiger partial charge in [0.05, 0.1) is 5.25 Å². The van der Waals surface area contributed by atoms with Crippen molar-refractivity contribution in [2.45, 2.75) is 24.1 Å². The molecule has 0 heterocycles. The van der Waals surface area contributed by atoms with Gasteiger partial charge in [0.15, 0.2) is 0 Å². The predicted octanol–water partition coefficient (Wildman–Crippen LogP) is 3.75. The summed E-state index contributed by atoms with van der Waals surface area (Å²) in [6.45, 7) is 0.310. The Bertz CT molecular complexity index is 422. The molecule has 0 bridgehead atoms. The molecule has 106 valence electrons. The lowest BCUT2D eigenvalue weighted by Gasteiger charge is -2.13. The van der Waals surface area contributed by atoms with Crippen molar-refractivity contribution in [3.8, 4) is 0 Å². The minimum Gasteiger partial charge on any atom is -0.346 e. The SMILES string of the molecule is CC(SCc1ccc(Br)cc1)C(=O)NCC(F)(F)F. The third-order valence-corrected chi connectivity index (χ3v) is 3.99. The first-order valence-electron chi connectivity index (χ1n) is 5.48. The van der Waals surface area contributed by atoms with Crippen LogP contribution in [0.2, 0.25) is 0 Å². The summed E-state index contributed by atoms with van der Waals surface area (Å²) in [6, 6.07) is 7.56. The first kappa shape index (κ1) is 16.4.